The van der Waals surface area contributed by atoms with Gasteiger partial charge in [-0.2, -0.15) is 0 Å². The lowest BCUT2D eigenvalue weighted by Gasteiger charge is -2.03. The quantitative estimate of drug-likeness (QED) is 0.415. The number of nitro groups is 1. The second-order valence-electron chi connectivity index (χ2n) is 3.40. The number of nitrogens with zero attached hydrogens (tertiary/aromatic N) is 1. The Morgan fingerprint density at radius 2 is 2.13 bits per heavy atom. The van der Waals surface area contributed by atoms with Crippen molar-refractivity contribution in [3.8, 4) is 5.75 Å². The Hall–Kier alpha value is -1.62. The Morgan fingerprint density at radius 1 is 1.47 bits per heavy atom. The predicted octanol–water partition coefficient (Wildman–Crippen LogP) is 1.24. The lowest BCUT2D eigenvalue weighted by molar-refractivity contribution is -0.496. The lowest BCUT2D eigenvalue weighted by atomic mass is 10.2. The normalized spacial score (nSPS) is 18.5. The minimum Gasteiger partial charge on any atom is -0.491 e. The highest BCUT2D eigenvalue weighted by atomic mass is 16.6. The van der Waals surface area contributed by atoms with Crippen LogP contribution in [0.2, 0.25) is 0 Å². The summed E-state index contributed by atoms with van der Waals surface area (Å²) in [5.74, 6) is 0.720. The first kappa shape index (κ1) is 9.92. The number of epoxide rings is 1. The molecule has 1 unspecified atom stereocenters. The molecule has 0 amide bonds. The van der Waals surface area contributed by atoms with Crippen LogP contribution in [0.5, 0.6) is 5.75 Å². The van der Waals surface area contributed by atoms with E-state index < -0.39 is 0 Å². The van der Waals surface area contributed by atoms with Crippen LogP contribution in [-0.4, -0.2) is 24.2 Å². The van der Waals surface area contributed by atoms with Crippen molar-refractivity contribution in [2.75, 3.05) is 13.2 Å². The van der Waals surface area contributed by atoms with Gasteiger partial charge in [0.1, 0.15) is 18.5 Å². The molecule has 80 valence electrons. The third kappa shape index (κ3) is 3.21. The first-order valence-corrected chi connectivity index (χ1v) is 4.69. The van der Waals surface area contributed by atoms with Crippen LogP contribution in [0.1, 0.15) is 5.56 Å². The molecule has 1 heterocycles. The SMILES string of the molecule is O=[N+]([O-])Cc1ccc(OCC2CO2)cc1. The smallest absolute Gasteiger partial charge is 0.228 e. The molecule has 0 N–H and O–H groups in total. The van der Waals surface area contributed by atoms with Crippen LogP contribution in [-0.2, 0) is 11.3 Å². The van der Waals surface area contributed by atoms with Gasteiger partial charge in [0.2, 0.25) is 6.54 Å². The number of hydrogen-bond donors (Lipinski definition) is 0. The summed E-state index contributed by atoms with van der Waals surface area (Å²) in [7, 11) is 0. The second-order valence-corrected chi connectivity index (χ2v) is 3.40. The maximum Gasteiger partial charge on any atom is 0.228 e. The average Bonchev–Trinajstić information content (AvgIpc) is 2.99. The molecule has 0 aliphatic carbocycles. The number of hydrogen-bond acceptors (Lipinski definition) is 4. The van der Waals surface area contributed by atoms with Crippen molar-refractivity contribution < 1.29 is 14.4 Å². The van der Waals surface area contributed by atoms with Gasteiger partial charge in [0, 0.05) is 10.5 Å². The first-order valence-electron chi connectivity index (χ1n) is 4.69. The molecule has 2 rings (SSSR count). The van der Waals surface area contributed by atoms with Crippen LogP contribution in [0.4, 0.5) is 0 Å². The highest BCUT2D eigenvalue weighted by Crippen LogP contribution is 2.15. The third-order valence-corrected chi connectivity index (χ3v) is 2.07. The molecule has 1 atom stereocenters. The van der Waals surface area contributed by atoms with Crippen molar-refractivity contribution in [1.82, 2.24) is 0 Å². The van der Waals surface area contributed by atoms with E-state index in [9.17, 15) is 10.1 Å². The first-order chi connectivity index (χ1) is 7.24. The zero-order valence-corrected chi connectivity index (χ0v) is 8.09. The topological polar surface area (TPSA) is 64.9 Å². The molecule has 0 radical (unpaired) electrons. The van der Waals surface area contributed by atoms with E-state index >= 15 is 0 Å². The van der Waals surface area contributed by atoms with Gasteiger partial charge in [-0.25, -0.2) is 0 Å². The summed E-state index contributed by atoms with van der Waals surface area (Å²) in [6, 6.07) is 6.88. The summed E-state index contributed by atoms with van der Waals surface area (Å²) >= 11 is 0. The molecule has 0 saturated carbocycles. The molecule has 15 heavy (non-hydrogen) atoms. The Balaban J connectivity index is 1.87. The average molecular weight is 209 g/mol. The van der Waals surface area contributed by atoms with Crippen molar-refractivity contribution in [2.45, 2.75) is 12.6 Å². The van der Waals surface area contributed by atoms with Crippen molar-refractivity contribution >= 4 is 0 Å². The van der Waals surface area contributed by atoms with E-state index in [1.807, 2.05) is 0 Å². The van der Waals surface area contributed by atoms with Crippen molar-refractivity contribution in [3.63, 3.8) is 0 Å². The number of benzene rings is 1. The van der Waals surface area contributed by atoms with Crippen molar-refractivity contribution in [1.29, 1.82) is 0 Å². The molecule has 1 aliphatic rings. The molecular formula is C10H11NO4. The van der Waals surface area contributed by atoms with Crippen LogP contribution in [0, 0.1) is 10.1 Å². The summed E-state index contributed by atoms with van der Waals surface area (Å²) in [6.07, 6.45) is 0.225. The van der Waals surface area contributed by atoms with E-state index in [0.717, 1.165) is 12.4 Å². The molecule has 0 spiro atoms. The van der Waals surface area contributed by atoms with Gasteiger partial charge < -0.3 is 9.47 Å². The maximum atomic E-state index is 10.2. The van der Waals surface area contributed by atoms with Crippen molar-refractivity contribution in [3.05, 3.63) is 39.9 Å². The zero-order valence-electron chi connectivity index (χ0n) is 8.09. The van der Waals surface area contributed by atoms with E-state index in [1.54, 1.807) is 24.3 Å². The van der Waals surface area contributed by atoms with Gasteiger partial charge in [-0.05, 0) is 24.3 Å². The standard InChI is InChI=1S/C10H11NO4/c12-11(13)5-8-1-3-9(4-2-8)14-6-10-7-15-10/h1-4,10H,5-7H2. The van der Waals surface area contributed by atoms with Crippen LogP contribution in [0.3, 0.4) is 0 Å². The fourth-order valence-corrected chi connectivity index (χ4v) is 1.19. The Labute approximate surface area is 86.8 Å². The van der Waals surface area contributed by atoms with Gasteiger partial charge in [-0.15, -0.1) is 0 Å². The second kappa shape index (κ2) is 4.27. The molecule has 0 bridgehead atoms. The van der Waals surface area contributed by atoms with Crippen LogP contribution >= 0.6 is 0 Å². The van der Waals surface area contributed by atoms with Gasteiger partial charge in [-0.3, -0.25) is 10.1 Å². The minimum atomic E-state index is -0.353. The van der Waals surface area contributed by atoms with E-state index in [0.29, 0.717) is 12.2 Å². The predicted molar refractivity (Wildman–Crippen MR) is 52.4 cm³/mol. The van der Waals surface area contributed by atoms with Crippen LogP contribution < -0.4 is 4.74 Å². The largest absolute Gasteiger partial charge is 0.491 e. The molecule has 1 aromatic carbocycles. The minimum absolute atomic E-state index is 0.147. The van der Waals surface area contributed by atoms with Crippen LogP contribution in [0.15, 0.2) is 24.3 Å². The summed E-state index contributed by atoms with van der Waals surface area (Å²) in [5, 5.41) is 10.2. The van der Waals surface area contributed by atoms with E-state index in [1.165, 1.54) is 0 Å². The Morgan fingerprint density at radius 3 is 2.67 bits per heavy atom. The third-order valence-electron chi connectivity index (χ3n) is 2.07. The molecule has 5 heteroatoms. The highest BCUT2D eigenvalue weighted by Gasteiger charge is 2.22. The molecule has 1 aliphatic heterocycles. The summed E-state index contributed by atoms with van der Waals surface area (Å²) in [6.45, 7) is 1.17. The highest BCUT2D eigenvalue weighted by molar-refractivity contribution is 5.26. The van der Waals surface area contributed by atoms with Gasteiger partial charge in [0.25, 0.3) is 0 Å². The number of ether oxygens (including phenoxy) is 2. The van der Waals surface area contributed by atoms with E-state index in [2.05, 4.69) is 0 Å². The zero-order chi connectivity index (χ0) is 10.7. The van der Waals surface area contributed by atoms with E-state index in [4.69, 9.17) is 9.47 Å². The summed E-state index contributed by atoms with van der Waals surface area (Å²) in [4.78, 5) is 9.88. The van der Waals surface area contributed by atoms with Gasteiger partial charge in [0.05, 0.1) is 6.61 Å². The van der Waals surface area contributed by atoms with Crippen LogP contribution in [0.25, 0.3) is 0 Å². The monoisotopic (exact) mass is 209 g/mol. The van der Waals surface area contributed by atoms with Gasteiger partial charge >= 0.3 is 0 Å². The molecule has 1 saturated heterocycles. The Bertz CT molecular complexity index is 345. The van der Waals surface area contributed by atoms with Crippen molar-refractivity contribution in [2.24, 2.45) is 0 Å². The lowest BCUT2D eigenvalue weighted by Crippen LogP contribution is -2.04. The summed E-state index contributed by atoms with van der Waals surface area (Å²) in [5.41, 5.74) is 0.676. The fraction of sp³-hybridized carbons (Fsp3) is 0.400. The van der Waals surface area contributed by atoms with Gasteiger partial charge in [0.15, 0.2) is 0 Å². The Kier molecular flexibility index (Phi) is 2.82. The molecule has 1 fully saturated rings. The van der Waals surface area contributed by atoms with E-state index in [-0.39, 0.29) is 17.6 Å². The molecule has 1 aromatic rings. The molecule has 0 aromatic heterocycles. The summed E-state index contributed by atoms with van der Waals surface area (Å²) < 4.78 is 10.4. The number of rotatable bonds is 5. The fourth-order valence-electron chi connectivity index (χ4n) is 1.19. The maximum absolute atomic E-state index is 10.2. The van der Waals surface area contributed by atoms with Gasteiger partial charge in [-0.1, -0.05) is 0 Å². The molecular weight excluding hydrogens is 198 g/mol. The molecule has 5 nitrogen and oxygen atoms in total.